The van der Waals surface area contributed by atoms with Gasteiger partial charge in [0.15, 0.2) is 0 Å². The fourth-order valence-electron chi connectivity index (χ4n) is 1.66. The Labute approximate surface area is 120 Å². The van der Waals surface area contributed by atoms with Crippen molar-refractivity contribution in [3.63, 3.8) is 0 Å². The molecule has 0 aromatic heterocycles. The Bertz CT molecular complexity index is 369. The number of unbranched alkanes of at least 4 members (excludes halogenated alkanes) is 1. The Morgan fingerprint density at radius 3 is 2.28 bits per heavy atom. The summed E-state index contributed by atoms with van der Waals surface area (Å²) >= 11 is 2.99. The molecule has 0 aliphatic carbocycles. The van der Waals surface area contributed by atoms with E-state index in [0.29, 0.717) is 10.9 Å². The Hall–Kier alpha value is -0.230. The molecule has 0 amide bonds. The lowest BCUT2D eigenvalue weighted by atomic mass is 9.97. The molecule has 2 atom stereocenters. The van der Waals surface area contributed by atoms with Crippen molar-refractivity contribution in [2.45, 2.75) is 38.3 Å². The summed E-state index contributed by atoms with van der Waals surface area (Å²) in [5, 5.41) is 9.75. The van der Waals surface area contributed by atoms with Gasteiger partial charge in [0.1, 0.15) is 11.6 Å². The van der Waals surface area contributed by atoms with Crippen LogP contribution in [0, 0.1) is 11.6 Å². The van der Waals surface area contributed by atoms with Gasteiger partial charge >= 0.3 is 0 Å². The second-order valence-corrected chi connectivity index (χ2v) is 4.93. The second-order valence-electron chi connectivity index (χ2n) is 4.02. The maximum atomic E-state index is 13.6. The molecule has 104 valence electrons. The summed E-state index contributed by atoms with van der Waals surface area (Å²) in [4.78, 5) is 0. The number of aliphatic hydroxyl groups excluding tert-OH is 1. The van der Waals surface area contributed by atoms with Gasteiger partial charge < -0.3 is 10.8 Å². The van der Waals surface area contributed by atoms with Crippen molar-refractivity contribution in [3.05, 3.63) is 33.8 Å². The minimum Gasteiger partial charge on any atom is -0.391 e. The summed E-state index contributed by atoms with van der Waals surface area (Å²) in [5.74, 6) is -1.47. The van der Waals surface area contributed by atoms with E-state index < -0.39 is 23.8 Å². The summed E-state index contributed by atoms with van der Waals surface area (Å²) in [6.07, 6.45) is 1.18. The lowest BCUT2D eigenvalue weighted by Crippen LogP contribution is -2.28. The first-order valence-corrected chi connectivity index (χ1v) is 6.34. The minimum atomic E-state index is -1.03. The summed E-state index contributed by atoms with van der Waals surface area (Å²) in [5.41, 5.74) is 5.43. The number of benzene rings is 1. The van der Waals surface area contributed by atoms with E-state index in [9.17, 15) is 13.9 Å². The molecule has 0 saturated carbocycles. The molecule has 3 N–H and O–H groups in total. The molecule has 0 saturated heterocycles. The minimum absolute atomic E-state index is 0. The average molecular weight is 345 g/mol. The molecule has 1 rings (SSSR count). The number of halogens is 4. The van der Waals surface area contributed by atoms with E-state index in [1.54, 1.807) is 0 Å². The van der Waals surface area contributed by atoms with Gasteiger partial charge in [-0.25, -0.2) is 8.78 Å². The van der Waals surface area contributed by atoms with Crippen LogP contribution < -0.4 is 5.73 Å². The Kier molecular flexibility index (Phi) is 7.94. The average Bonchev–Trinajstić information content (AvgIpc) is 2.24. The largest absolute Gasteiger partial charge is 0.391 e. The van der Waals surface area contributed by atoms with Gasteiger partial charge in [-0.1, -0.05) is 35.7 Å². The zero-order chi connectivity index (χ0) is 13.0. The van der Waals surface area contributed by atoms with Crippen LogP contribution in [0.2, 0.25) is 0 Å². The number of hydrogen-bond donors (Lipinski definition) is 2. The predicted molar refractivity (Wildman–Crippen MR) is 73.8 cm³/mol. The number of nitrogens with two attached hydrogens (primary N) is 1. The van der Waals surface area contributed by atoms with Gasteiger partial charge in [0, 0.05) is 10.0 Å². The zero-order valence-electron chi connectivity index (χ0n) is 10.00. The molecule has 2 nitrogen and oxygen atoms in total. The van der Waals surface area contributed by atoms with E-state index in [4.69, 9.17) is 5.73 Å². The van der Waals surface area contributed by atoms with E-state index in [0.717, 1.165) is 25.0 Å². The molecule has 0 radical (unpaired) electrons. The van der Waals surface area contributed by atoms with Crippen LogP contribution in [0.4, 0.5) is 8.78 Å². The van der Waals surface area contributed by atoms with Crippen molar-refractivity contribution in [2.24, 2.45) is 5.73 Å². The van der Waals surface area contributed by atoms with Crippen LogP contribution in [-0.2, 0) is 0 Å². The van der Waals surface area contributed by atoms with Gasteiger partial charge in [-0.05, 0) is 18.6 Å². The standard InChI is InChI=1S/C12H16BrF2NO.ClH/c1-2-3-4-10(17)12(16)11-8(14)5-7(13)6-9(11)15;/h5-6,10,12,17H,2-4,16H2,1H3;1H/t10-,12-;/m1./s1. The molecule has 0 bridgehead atoms. The molecular weight excluding hydrogens is 327 g/mol. The highest BCUT2D eigenvalue weighted by Crippen LogP contribution is 2.26. The Morgan fingerprint density at radius 2 is 1.83 bits per heavy atom. The maximum absolute atomic E-state index is 13.6. The summed E-state index contributed by atoms with van der Waals surface area (Å²) in [6.45, 7) is 1.97. The van der Waals surface area contributed by atoms with E-state index in [2.05, 4.69) is 15.9 Å². The van der Waals surface area contributed by atoms with Gasteiger partial charge in [-0.2, -0.15) is 0 Å². The van der Waals surface area contributed by atoms with Crippen LogP contribution in [-0.4, -0.2) is 11.2 Å². The molecule has 0 fully saturated rings. The number of aliphatic hydroxyl groups is 1. The van der Waals surface area contributed by atoms with Crippen LogP contribution in [0.25, 0.3) is 0 Å². The third-order valence-corrected chi connectivity index (χ3v) is 3.10. The first kappa shape index (κ1) is 17.8. The van der Waals surface area contributed by atoms with Crippen LogP contribution in [0.5, 0.6) is 0 Å². The van der Waals surface area contributed by atoms with Crippen molar-refractivity contribution < 1.29 is 13.9 Å². The molecule has 18 heavy (non-hydrogen) atoms. The summed E-state index contributed by atoms with van der Waals surface area (Å²) in [6, 6.07) is 1.25. The van der Waals surface area contributed by atoms with E-state index in [1.165, 1.54) is 0 Å². The quantitative estimate of drug-likeness (QED) is 0.855. The van der Waals surface area contributed by atoms with Crippen molar-refractivity contribution in [1.29, 1.82) is 0 Å². The van der Waals surface area contributed by atoms with E-state index in [-0.39, 0.29) is 18.0 Å². The highest BCUT2D eigenvalue weighted by atomic mass is 79.9. The van der Waals surface area contributed by atoms with Crippen LogP contribution in [0.1, 0.15) is 37.8 Å². The first-order valence-electron chi connectivity index (χ1n) is 5.55. The lowest BCUT2D eigenvalue weighted by molar-refractivity contribution is 0.129. The zero-order valence-corrected chi connectivity index (χ0v) is 12.4. The second kappa shape index (κ2) is 8.04. The van der Waals surface area contributed by atoms with Gasteiger partial charge in [-0.3, -0.25) is 0 Å². The highest BCUT2D eigenvalue weighted by molar-refractivity contribution is 9.10. The summed E-state index contributed by atoms with van der Waals surface area (Å²) in [7, 11) is 0. The topological polar surface area (TPSA) is 46.2 Å². The molecule has 6 heteroatoms. The first-order chi connectivity index (χ1) is 7.97. The SMILES string of the molecule is CCCC[C@@H](O)[C@@H](N)c1c(F)cc(Br)cc1F.Cl. The monoisotopic (exact) mass is 343 g/mol. The molecule has 0 unspecified atom stereocenters. The van der Waals surface area contributed by atoms with Crippen LogP contribution >= 0.6 is 28.3 Å². The van der Waals surface area contributed by atoms with Crippen molar-refractivity contribution in [2.75, 3.05) is 0 Å². The number of rotatable bonds is 5. The maximum Gasteiger partial charge on any atom is 0.132 e. The molecule has 0 heterocycles. The van der Waals surface area contributed by atoms with Crippen molar-refractivity contribution in [1.82, 2.24) is 0 Å². The summed E-state index contributed by atoms with van der Waals surface area (Å²) < 4.78 is 27.5. The van der Waals surface area contributed by atoms with E-state index in [1.807, 2.05) is 6.92 Å². The Balaban J connectivity index is 0.00000289. The highest BCUT2D eigenvalue weighted by Gasteiger charge is 2.23. The smallest absolute Gasteiger partial charge is 0.132 e. The molecule has 0 aliphatic heterocycles. The number of hydrogen-bond acceptors (Lipinski definition) is 2. The third kappa shape index (κ3) is 4.46. The van der Waals surface area contributed by atoms with Gasteiger partial charge in [0.2, 0.25) is 0 Å². The molecule has 0 aliphatic rings. The fourth-order valence-corrected chi connectivity index (χ4v) is 2.06. The van der Waals surface area contributed by atoms with Crippen molar-refractivity contribution >= 4 is 28.3 Å². The van der Waals surface area contributed by atoms with Crippen molar-refractivity contribution in [3.8, 4) is 0 Å². The molecule has 0 spiro atoms. The molecule has 1 aromatic carbocycles. The normalized spacial score (nSPS) is 13.9. The molecule has 1 aromatic rings. The predicted octanol–water partition coefficient (Wildman–Crippen LogP) is 3.70. The molecular formula is C12H17BrClF2NO. The van der Waals surface area contributed by atoms with Gasteiger partial charge in [0.05, 0.1) is 12.1 Å². The van der Waals surface area contributed by atoms with Crippen LogP contribution in [0.15, 0.2) is 16.6 Å². The van der Waals surface area contributed by atoms with Crippen LogP contribution in [0.3, 0.4) is 0 Å². The van der Waals surface area contributed by atoms with Gasteiger partial charge in [-0.15, -0.1) is 12.4 Å². The lowest BCUT2D eigenvalue weighted by Gasteiger charge is -2.20. The van der Waals surface area contributed by atoms with Gasteiger partial charge in [0.25, 0.3) is 0 Å². The third-order valence-electron chi connectivity index (χ3n) is 2.65. The van der Waals surface area contributed by atoms with E-state index >= 15 is 0 Å². The fraction of sp³-hybridized carbons (Fsp3) is 0.500. The Morgan fingerprint density at radius 1 is 1.33 bits per heavy atom.